The lowest BCUT2D eigenvalue weighted by Gasteiger charge is -1.85. The van der Waals surface area contributed by atoms with E-state index in [0.717, 1.165) is 0 Å². The summed E-state index contributed by atoms with van der Waals surface area (Å²) in [6.45, 7) is -0.0965. The van der Waals surface area contributed by atoms with Crippen LogP contribution in [0.1, 0.15) is 0 Å². The minimum absolute atomic E-state index is 0.191. The number of rotatable bonds is 2. The molecule has 1 N–H and O–H groups in total. The smallest absolute Gasteiger partial charge is 0.144 e. The highest BCUT2D eigenvalue weighted by Crippen LogP contribution is 1.61. The lowest BCUT2D eigenvalue weighted by atomic mass is 10.8. The summed E-state index contributed by atoms with van der Waals surface area (Å²) in [5.74, 6) is 2.19. The number of hydrogen-bond donors (Lipinski definition) is 1. The van der Waals surface area contributed by atoms with Gasteiger partial charge in [-0.2, -0.15) is 0 Å². The zero-order valence-electron chi connectivity index (χ0n) is 3.35. The average molecular weight is 86.1 g/mol. The van der Waals surface area contributed by atoms with Gasteiger partial charge in [-0.3, -0.25) is 0 Å². The summed E-state index contributed by atoms with van der Waals surface area (Å²) in [5, 5.41) is 7.88. The Hall–Kier alpha value is -0.520. The summed E-state index contributed by atoms with van der Waals surface area (Å²) in [7, 11) is 0. The summed E-state index contributed by atoms with van der Waals surface area (Å²) < 4.78 is 4.30. The fraction of sp³-hybridized carbons (Fsp3) is 0.500. The summed E-state index contributed by atoms with van der Waals surface area (Å²) in [6, 6.07) is 0. The van der Waals surface area contributed by atoms with Crippen molar-refractivity contribution in [2.24, 2.45) is 0 Å². The third-order valence-corrected chi connectivity index (χ3v) is 0.277. The molecular weight excluding hydrogens is 80.0 g/mol. The molecule has 0 aromatic heterocycles. The Bertz CT molecular complexity index is 53.1. The molecule has 0 radical (unpaired) electrons. The fourth-order valence-corrected chi connectivity index (χ4v) is 0.105. The van der Waals surface area contributed by atoms with Gasteiger partial charge in [0.1, 0.15) is 13.4 Å². The topological polar surface area (TPSA) is 29.5 Å². The van der Waals surface area contributed by atoms with Gasteiger partial charge in [-0.15, -0.1) is 6.42 Å². The van der Waals surface area contributed by atoms with Gasteiger partial charge in [-0.1, -0.05) is 5.92 Å². The molecule has 0 rings (SSSR count). The van der Waals surface area contributed by atoms with Gasteiger partial charge in [0.15, 0.2) is 0 Å². The van der Waals surface area contributed by atoms with Crippen molar-refractivity contribution < 1.29 is 9.84 Å². The average Bonchev–Trinajstić information content (AvgIpc) is 1.61. The zero-order valence-corrected chi connectivity index (χ0v) is 3.35. The molecule has 0 bridgehead atoms. The van der Waals surface area contributed by atoms with Gasteiger partial charge in [0.05, 0.1) is 0 Å². The molecule has 0 spiro atoms. The first-order valence-corrected chi connectivity index (χ1v) is 1.54. The number of aliphatic hydroxyl groups excluding tert-OH is 1. The monoisotopic (exact) mass is 86.0 g/mol. The Morgan fingerprint density at radius 3 is 2.67 bits per heavy atom. The number of hydrogen-bond acceptors (Lipinski definition) is 2. The second-order valence-corrected chi connectivity index (χ2v) is 0.682. The molecule has 0 aromatic carbocycles. The summed E-state index contributed by atoms with van der Waals surface area (Å²) in [5.41, 5.74) is 0. The molecule has 0 amide bonds. The molecule has 0 atom stereocenters. The van der Waals surface area contributed by atoms with E-state index in [-0.39, 0.29) is 13.4 Å². The Kier molecular flexibility index (Phi) is 4.09. The first-order valence-electron chi connectivity index (χ1n) is 1.54. The molecule has 0 saturated heterocycles. The van der Waals surface area contributed by atoms with Crippen LogP contribution in [0, 0.1) is 12.3 Å². The quantitative estimate of drug-likeness (QED) is 0.281. The third kappa shape index (κ3) is 3.48. The van der Waals surface area contributed by atoms with E-state index < -0.39 is 0 Å². The van der Waals surface area contributed by atoms with E-state index in [1.807, 2.05) is 0 Å². The Morgan fingerprint density at radius 2 is 2.50 bits per heavy atom. The van der Waals surface area contributed by atoms with Crippen molar-refractivity contribution in [2.75, 3.05) is 13.4 Å². The van der Waals surface area contributed by atoms with Crippen LogP contribution in [0.25, 0.3) is 0 Å². The first-order chi connectivity index (χ1) is 2.91. The van der Waals surface area contributed by atoms with Crippen molar-refractivity contribution >= 4 is 0 Å². The van der Waals surface area contributed by atoms with Gasteiger partial charge < -0.3 is 9.84 Å². The highest BCUT2D eigenvalue weighted by Gasteiger charge is 1.68. The van der Waals surface area contributed by atoms with Gasteiger partial charge in [0, 0.05) is 0 Å². The van der Waals surface area contributed by atoms with E-state index in [2.05, 4.69) is 10.7 Å². The lowest BCUT2D eigenvalue weighted by Crippen LogP contribution is -1.90. The van der Waals surface area contributed by atoms with Crippen LogP contribution in [-0.2, 0) is 4.74 Å². The number of ether oxygens (including phenoxy) is 1. The van der Waals surface area contributed by atoms with Gasteiger partial charge in [0.25, 0.3) is 0 Å². The van der Waals surface area contributed by atoms with Crippen LogP contribution < -0.4 is 0 Å². The van der Waals surface area contributed by atoms with Gasteiger partial charge in [0.2, 0.25) is 0 Å². The van der Waals surface area contributed by atoms with Crippen LogP contribution >= 0.6 is 0 Å². The first kappa shape index (κ1) is 5.48. The highest BCUT2D eigenvalue weighted by atomic mass is 16.6. The second-order valence-electron chi connectivity index (χ2n) is 0.682. The SMILES string of the molecule is C#CCOCO. The number of terminal acetylenes is 1. The molecule has 6 heavy (non-hydrogen) atoms. The van der Waals surface area contributed by atoms with Crippen LogP contribution in [0.2, 0.25) is 0 Å². The van der Waals surface area contributed by atoms with E-state index in [9.17, 15) is 0 Å². The number of aliphatic hydroxyl groups is 1. The van der Waals surface area contributed by atoms with E-state index in [1.165, 1.54) is 0 Å². The standard InChI is InChI=1S/C4H6O2/c1-2-3-6-4-5/h1,5H,3-4H2. The van der Waals surface area contributed by atoms with Crippen molar-refractivity contribution in [2.45, 2.75) is 0 Å². The molecule has 0 unspecified atom stereocenters. The van der Waals surface area contributed by atoms with E-state index in [0.29, 0.717) is 0 Å². The highest BCUT2D eigenvalue weighted by molar-refractivity contribution is 4.82. The van der Waals surface area contributed by atoms with E-state index in [4.69, 9.17) is 11.5 Å². The molecule has 0 saturated carbocycles. The van der Waals surface area contributed by atoms with Gasteiger partial charge in [-0.25, -0.2) is 0 Å². The van der Waals surface area contributed by atoms with Crippen LogP contribution in [0.4, 0.5) is 0 Å². The van der Waals surface area contributed by atoms with Crippen molar-refractivity contribution in [1.29, 1.82) is 0 Å². The molecule has 0 heterocycles. The molecule has 0 aromatic rings. The van der Waals surface area contributed by atoms with Crippen LogP contribution in [0.15, 0.2) is 0 Å². The molecule has 0 aliphatic rings. The summed E-state index contributed by atoms with van der Waals surface area (Å²) in [6.07, 6.45) is 4.73. The maximum atomic E-state index is 7.88. The fourth-order valence-electron chi connectivity index (χ4n) is 0.105. The van der Waals surface area contributed by atoms with Gasteiger partial charge >= 0.3 is 0 Å². The Balaban J connectivity index is 2.54. The third-order valence-electron chi connectivity index (χ3n) is 0.277. The summed E-state index contributed by atoms with van der Waals surface area (Å²) >= 11 is 0. The van der Waals surface area contributed by atoms with Crippen molar-refractivity contribution in [3.8, 4) is 12.3 Å². The predicted octanol–water partition coefficient (Wildman–Crippen LogP) is -0.414. The second kappa shape index (κ2) is 4.48. The Labute approximate surface area is 36.7 Å². The van der Waals surface area contributed by atoms with Crippen molar-refractivity contribution in [3.63, 3.8) is 0 Å². The zero-order chi connectivity index (χ0) is 4.83. The molecule has 34 valence electrons. The molecule has 2 nitrogen and oxygen atoms in total. The largest absolute Gasteiger partial charge is 0.371 e. The van der Waals surface area contributed by atoms with Crippen LogP contribution in [0.3, 0.4) is 0 Å². The van der Waals surface area contributed by atoms with Crippen molar-refractivity contribution in [3.05, 3.63) is 0 Å². The van der Waals surface area contributed by atoms with Crippen molar-refractivity contribution in [1.82, 2.24) is 0 Å². The maximum absolute atomic E-state index is 7.88. The molecule has 0 aliphatic heterocycles. The van der Waals surface area contributed by atoms with Crippen LogP contribution in [-0.4, -0.2) is 18.5 Å². The van der Waals surface area contributed by atoms with Crippen LogP contribution in [0.5, 0.6) is 0 Å². The molecule has 0 aliphatic carbocycles. The van der Waals surface area contributed by atoms with E-state index >= 15 is 0 Å². The Morgan fingerprint density at radius 1 is 1.83 bits per heavy atom. The molecule has 0 fully saturated rings. The molecule has 2 heteroatoms. The minimum Gasteiger partial charge on any atom is -0.371 e. The maximum Gasteiger partial charge on any atom is 0.144 e. The normalized spacial score (nSPS) is 7.33. The van der Waals surface area contributed by atoms with Gasteiger partial charge in [-0.05, 0) is 0 Å². The minimum atomic E-state index is -0.288. The predicted molar refractivity (Wildman–Crippen MR) is 21.9 cm³/mol. The lowest BCUT2D eigenvalue weighted by molar-refractivity contribution is 0.0157. The molecular formula is C4H6O2. The van der Waals surface area contributed by atoms with E-state index in [1.54, 1.807) is 0 Å². The summed E-state index contributed by atoms with van der Waals surface area (Å²) in [4.78, 5) is 0.